The first-order valence-electron chi connectivity index (χ1n) is 5.35. The molecule has 0 aromatic carbocycles. The van der Waals surface area contributed by atoms with Crippen LogP contribution in [0.4, 0.5) is 5.13 Å². The third kappa shape index (κ3) is 3.02. The highest BCUT2D eigenvalue weighted by Gasteiger charge is 2.23. The van der Waals surface area contributed by atoms with E-state index in [9.17, 15) is 0 Å². The third-order valence-corrected chi connectivity index (χ3v) is 4.54. The van der Waals surface area contributed by atoms with Crippen molar-refractivity contribution in [1.82, 2.24) is 15.3 Å². The third-order valence-electron chi connectivity index (χ3n) is 2.43. The van der Waals surface area contributed by atoms with Crippen molar-refractivity contribution in [3.05, 3.63) is 27.2 Å². The minimum atomic E-state index is -0.127. The number of nitrogens with two attached hydrogens (primary N) is 1. The highest BCUT2D eigenvalue weighted by molar-refractivity contribution is 7.15. The molecule has 92 valence electrons. The summed E-state index contributed by atoms with van der Waals surface area (Å²) in [5.74, 6) is 0. The second kappa shape index (κ2) is 4.72. The zero-order chi connectivity index (χ0) is 12.5. The SMILES string of the molecule is Cc1csc(C(C)(C)NCc2cnc(N)s2)n1. The summed E-state index contributed by atoms with van der Waals surface area (Å²) in [6.07, 6.45) is 1.82. The van der Waals surface area contributed by atoms with Crippen molar-refractivity contribution in [2.24, 2.45) is 0 Å². The number of nitrogens with one attached hydrogen (secondary N) is 1. The van der Waals surface area contributed by atoms with Gasteiger partial charge in [0.1, 0.15) is 5.01 Å². The number of hydrogen-bond donors (Lipinski definition) is 2. The average Bonchev–Trinajstić information content (AvgIpc) is 2.85. The van der Waals surface area contributed by atoms with Crippen LogP contribution in [0, 0.1) is 6.92 Å². The van der Waals surface area contributed by atoms with E-state index in [0.29, 0.717) is 5.13 Å². The molecule has 0 aliphatic rings. The molecule has 2 aromatic rings. The lowest BCUT2D eigenvalue weighted by molar-refractivity contribution is 0.400. The van der Waals surface area contributed by atoms with Crippen molar-refractivity contribution >= 4 is 27.8 Å². The van der Waals surface area contributed by atoms with E-state index >= 15 is 0 Å². The van der Waals surface area contributed by atoms with E-state index in [1.54, 1.807) is 11.3 Å². The second-order valence-corrected chi connectivity index (χ2v) is 6.44. The van der Waals surface area contributed by atoms with Crippen molar-refractivity contribution in [2.45, 2.75) is 32.9 Å². The smallest absolute Gasteiger partial charge is 0.180 e. The maximum atomic E-state index is 5.60. The molecule has 0 aliphatic carbocycles. The van der Waals surface area contributed by atoms with Crippen molar-refractivity contribution in [2.75, 3.05) is 5.73 Å². The Kier molecular flexibility index (Phi) is 3.46. The van der Waals surface area contributed by atoms with Crippen LogP contribution in [-0.4, -0.2) is 9.97 Å². The number of rotatable bonds is 4. The van der Waals surface area contributed by atoms with Crippen LogP contribution >= 0.6 is 22.7 Å². The van der Waals surface area contributed by atoms with Gasteiger partial charge in [-0.3, -0.25) is 0 Å². The van der Waals surface area contributed by atoms with Gasteiger partial charge in [-0.25, -0.2) is 9.97 Å². The molecule has 0 amide bonds. The van der Waals surface area contributed by atoms with Crippen molar-refractivity contribution < 1.29 is 0 Å². The Morgan fingerprint density at radius 3 is 2.76 bits per heavy atom. The van der Waals surface area contributed by atoms with Crippen LogP contribution in [0.25, 0.3) is 0 Å². The Hall–Kier alpha value is -0.980. The molecule has 0 spiro atoms. The lowest BCUT2D eigenvalue weighted by Gasteiger charge is -2.23. The summed E-state index contributed by atoms with van der Waals surface area (Å²) in [5.41, 5.74) is 6.55. The molecule has 17 heavy (non-hydrogen) atoms. The van der Waals surface area contributed by atoms with E-state index in [1.165, 1.54) is 11.3 Å². The van der Waals surface area contributed by atoms with Crippen LogP contribution in [0.5, 0.6) is 0 Å². The monoisotopic (exact) mass is 268 g/mol. The standard InChI is InChI=1S/C11H16N4S2/c1-7-6-16-9(15-7)11(2,3)14-5-8-4-13-10(12)17-8/h4,6,14H,5H2,1-3H3,(H2,12,13). The zero-order valence-corrected chi connectivity index (χ0v) is 11.8. The summed E-state index contributed by atoms with van der Waals surface area (Å²) in [6.45, 7) is 7.05. The molecule has 0 saturated carbocycles. The molecule has 2 rings (SSSR count). The Morgan fingerprint density at radius 2 is 2.24 bits per heavy atom. The molecule has 0 atom stereocenters. The van der Waals surface area contributed by atoms with E-state index in [4.69, 9.17) is 5.73 Å². The topological polar surface area (TPSA) is 63.8 Å². The summed E-state index contributed by atoms with van der Waals surface area (Å²) in [6, 6.07) is 0. The van der Waals surface area contributed by atoms with Gasteiger partial charge >= 0.3 is 0 Å². The van der Waals surface area contributed by atoms with Gasteiger partial charge in [0.15, 0.2) is 5.13 Å². The van der Waals surface area contributed by atoms with E-state index in [0.717, 1.165) is 22.1 Å². The molecular weight excluding hydrogens is 252 g/mol. The summed E-state index contributed by atoms with van der Waals surface area (Å²) < 4.78 is 0. The average molecular weight is 268 g/mol. The van der Waals surface area contributed by atoms with Gasteiger partial charge in [0.2, 0.25) is 0 Å². The van der Waals surface area contributed by atoms with Gasteiger partial charge in [-0.15, -0.1) is 22.7 Å². The maximum Gasteiger partial charge on any atom is 0.180 e. The van der Waals surface area contributed by atoms with Crippen molar-refractivity contribution in [1.29, 1.82) is 0 Å². The Morgan fingerprint density at radius 1 is 1.47 bits per heavy atom. The number of aryl methyl sites for hydroxylation is 1. The van der Waals surface area contributed by atoms with Gasteiger partial charge in [0, 0.05) is 28.7 Å². The number of hydrogen-bond acceptors (Lipinski definition) is 6. The molecule has 0 fully saturated rings. The number of nitrogens with zero attached hydrogens (tertiary/aromatic N) is 2. The van der Waals surface area contributed by atoms with Crippen LogP contribution in [0.2, 0.25) is 0 Å². The van der Waals surface area contributed by atoms with Crippen LogP contribution in [0.15, 0.2) is 11.6 Å². The fraction of sp³-hybridized carbons (Fsp3) is 0.455. The number of anilines is 1. The molecule has 6 heteroatoms. The summed E-state index contributed by atoms with van der Waals surface area (Å²) in [4.78, 5) is 9.70. The first kappa shape index (κ1) is 12.5. The predicted octanol–water partition coefficient (Wildman–Crippen LogP) is 2.52. The first-order valence-corrected chi connectivity index (χ1v) is 7.05. The van der Waals surface area contributed by atoms with Gasteiger partial charge in [-0.05, 0) is 20.8 Å². The second-order valence-electron chi connectivity index (χ2n) is 4.44. The predicted molar refractivity (Wildman–Crippen MR) is 73.2 cm³/mol. The Balaban J connectivity index is 2.02. The zero-order valence-electron chi connectivity index (χ0n) is 10.2. The van der Waals surface area contributed by atoms with E-state index in [-0.39, 0.29) is 5.54 Å². The molecule has 2 aromatic heterocycles. The molecule has 3 N–H and O–H groups in total. The molecular formula is C11H16N4S2. The van der Waals surface area contributed by atoms with E-state index in [2.05, 4.69) is 34.5 Å². The molecule has 0 aliphatic heterocycles. The number of nitrogen functional groups attached to an aromatic ring is 1. The first-order chi connectivity index (χ1) is 7.97. The minimum Gasteiger partial charge on any atom is -0.375 e. The van der Waals surface area contributed by atoms with Crippen LogP contribution in [-0.2, 0) is 12.1 Å². The van der Waals surface area contributed by atoms with E-state index < -0.39 is 0 Å². The largest absolute Gasteiger partial charge is 0.375 e. The Bertz CT molecular complexity index is 501. The summed E-state index contributed by atoms with van der Waals surface area (Å²) in [5, 5.41) is 7.27. The molecule has 2 heterocycles. The molecule has 0 radical (unpaired) electrons. The van der Waals surface area contributed by atoms with E-state index in [1.807, 2.05) is 13.1 Å². The molecule has 0 bridgehead atoms. The van der Waals surface area contributed by atoms with Gasteiger partial charge in [-0.1, -0.05) is 0 Å². The summed E-state index contributed by atoms with van der Waals surface area (Å²) in [7, 11) is 0. The van der Waals surface area contributed by atoms with Crippen molar-refractivity contribution in [3.8, 4) is 0 Å². The Labute approximate surface area is 109 Å². The highest BCUT2D eigenvalue weighted by Crippen LogP contribution is 2.25. The quantitative estimate of drug-likeness (QED) is 0.894. The number of aromatic nitrogens is 2. The van der Waals surface area contributed by atoms with Gasteiger partial charge in [0.25, 0.3) is 0 Å². The fourth-order valence-corrected chi connectivity index (χ4v) is 2.95. The van der Waals surface area contributed by atoms with Gasteiger partial charge in [-0.2, -0.15) is 0 Å². The lowest BCUT2D eigenvalue weighted by atomic mass is 10.1. The van der Waals surface area contributed by atoms with Gasteiger partial charge < -0.3 is 11.1 Å². The number of thiazole rings is 2. The lowest BCUT2D eigenvalue weighted by Crippen LogP contribution is -2.35. The fourth-order valence-electron chi connectivity index (χ4n) is 1.43. The van der Waals surface area contributed by atoms with Crippen LogP contribution in [0.3, 0.4) is 0 Å². The maximum absolute atomic E-state index is 5.60. The highest BCUT2D eigenvalue weighted by atomic mass is 32.1. The van der Waals surface area contributed by atoms with Crippen molar-refractivity contribution in [3.63, 3.8) is 0 Å². The minimum absolute atomic E-state index is 0.127. The molecule has 0 unspecified atom stereocenters. The normalized spacial score (nSPS) is 11.9. The summed E-state index contributed by atoms with van der Waals surface area (Å²) >= 11 is 3.20. The molecule has 0 saturated heterocycles. The van der Waals surface area contributed by atoms with Crippen LogP contribution < -0.4 is 11.1 Å². The van der Waals surface area contributed by atoms with Gasteiger partial charge in [0.05, 0.1) is 5.54 Å². The van der Waals surface area contributed by atoms with Crippen LogP contribution in [0.1, 0.15) is 29.4 Å². The molecule has 4 nitrogen and oxygen atoms in total.